The third-order valence-electron chi connectivity index (χ3n) is 3.97. The molecule has 0 aliphatic heterocycles. The number of anilines is 1. The van der Waals surface area contributed by atoms with Crippen LogP contribution in [0.5, 0.6) is 0 Å². The van der Waals surface area contributed by atoms with E-state index in [1.165, 1.54) is 31.2 Å². The largest absolute Gasteiger partial charge is 0.339 e. The van der Waals surface area contributed by atoms with Crippen LogP contribution >= 0.6 is 0 Å². The third kappa shape index (κ3) is 5.78. The number of non-ortho nitro benzene ring substituents is 1. The number of carbonyl (C=O) groups excluding carboxylic acids is 2. The van der Waals surface area contributed by atoms with Gasteiger partial charge in [0, 0.05) is 43.9 Å². The standard InChI is InChI=1S/C20H21N3O4/c1-3-22(15(2)24)14-17-8-4-5-10-19(17)21-20(25)12-11-16-7-6-9-18(13-16)23(26)27/h4-13H,3,14H2,1-2H3,(H,21,25). The summed E-state index contributed by atoms with van der Waals surface area (Å²) in [5.41, 5.74) is 1.96. The molecule has 0 atom stereocenters. The molecule has 0 unspecified atom stereocenters. The van der Waals surface area contributed by atoms with Crippen LogP contribution in [0.3, 0.4) is 0 Å². The van der Waals surface area contributed by atoms with E-state index in [4.69, 9.17) is 0 Å². The van der Waals surface area contributed by atoms with Gasteiger partial charge in [-0.15, -0.1) is 0 Å². The van der Waals surface area contributed by atoms with Crippen LogP contribution in [0.1, 0.15) is 25.0 Å². The van der Waals surface area contributed by atoms with Gasteiger partial charge in [0.15, 0.2) is 0 Å². The first-order valence-electron chi connectivity index (χ1n) is 8.47. The normalized spacial score (nSPS) is 10.6. The number of para-hydroxylation sites is 1. The Morgan fingerprint density at radius 2 is 1.93 bits per heavy atom. The zero-order valence-corrected chi connectivity index (χ0v) is 15.2. The third-order valence-corrected chi connectivity index (χ3v) is 3.97. The Morgan fingerprint density at radius 1 is 1.19 bits per heavy atom. The van der Waals surface area contributed by atoms with Crippen LogP contribution in [0.25, 0.3) is 6.08 Å². The molecule has 2 aromatic rings. The number of nitro groups is 1. The van der Waals surface area contributed by atoms with Crippen LogP contribution in [0, 0.1) is 10.1 Å². The molecule has 140 valence electrons. The molecule has 7 nitrogen and oxygen atoms in total. The number of nitro benzene ring substituents is 1. The van der Waals surface area contributed by atoms with Crippen LogP contribution in [0.4, 0.5) is 11.4 Å². The van der Waals surface area contributed by atoms with Crippen molar-refractivity contribution in [2.75, 3.05) is 11.9 Å². The smallest absolute Gasteiger partial charge is 0.270 e. The minimum Gasteiger partial charge on any atom is -0.339 e. The summed E-state index contributed by atoms with van der Waals surface area (Å²) < 4.78 is 0. The molecule has 0 saturated heterocycles. The maximum absolute atomic E-state index is 12.2. The molecule has 0 aliphatic carbocycles. The maximum Gasteiger partial charge on any atom is 0.270 e. The molecular formula is C20H21N3O4. The Kier molecular flexibility index (Phi) is 6.82. The summed E-state index contributed by atoms with van der Waals surface area (Å²) in [6, 6.07) is 13.3. The zero-order chi connectivity index (χ0) is 19.8. The second-order valence-corrected chi connectivity index (χ2v) is 5.87. The molecule has 2 rings (SSSR count). The van der Waals surface area contributed by atoms with E-state index in [0.29, 0.717) is 24.3 Å². The molecule has 0 spiro atoms. The summed E-state index contributed by atoms with van der Waals surface area (Å²) in [6.45, 7) is 4.37. The lowest BCUT2D eigenvalue weighted by Crippen LogP contribution is -2.28. The maximum atomic E-state index is 12.2. The second kappa shape index (κ2) is 9.28. The summed E-state index contributed by atoms with van der Waals surface area (Å²) in [7, 11) is 0. The number of rotatable bonds is 7. The van der Waals surface area contributed by atoms with Gasteiger partial charge in [0.05, 0.1) is 4.92 Å². The van der Waals surface area contributed by atoms with Crippen molar-refractivity contribution < 1.29 is 14.5 Å². The molecular weight excluding hydrogens is 346 g/mol. The lowest BCUT2D eigenvalue weighted by molar-refractivity contribution is -0.384. The van der Waals surface area contributed by atoms with Crippen molar-refractivity contribution in [3.63, 3.8) is 0 Å². The molecule has 0 heterocycles. The van der Waals surface area contributed by atoms with Gasteiger partial charge in [-0.2, -0.15) is 0 Å². The lowest BCUT2D eigenvalue weighted by Gasteiger charge is -2.20. The molecule has 0 bridgehead atoms. The summed E-state index contributed by atoms with van der Waals surface area (Å²) in [6.07, 6.45) is 2.83. The molecule has 0 aliphatic rings. The Balaban J connectivity index is 2.11. The van der Waals surface area contributed by atoms with Crippen molar-refractivity contribution in [3.8, 4) is 0 Å². The van der Waals surface area contributed by atoms with E-state index in [2.05, 4.69) is 5.32 Å². The predicted molar refractivity (Wildman–Crippen MR) is 104 cm³/mol. The highest BCUT2D eigenvalue weighted by molar-refractivity contribution is 6.02. The highest BCUT2D eigenvalue weighted by atomic mass is 16.6. The van der Waals surface area contributed by atoms with Crippen molar-refractivity contribution in [2.45, 2.75) is 20.4 Å². The molecule has 1 N–H and O–H groups in total. The Hall–Kier alpha value is -3.48. The van der Waals surface area contributed by atoms with E-state index < -0.39 is 4.92 Å². The highest BCUT2D eigenvalue weighted by Gasteiger charge is 2.11. The summed E-state index contributed by atoms with van der Waals surface area (Å²) in [4.78, 5) is 35.9. The molecule has 27 heavy (non-hydrogen) atoms. The van der Waals surface area contributed by atoms with E-state index in [1.807, 2.05) is 19.1 Å². The van der Waals surface area contributed by atoms with Crippen molar-refractivity contribution in [1.82, 2.24) is 4.90 Å². The van der Waals surface area contributed by atoms with E-state index in [9.17, 15) is 19.7 Å². The number of hydrogen-bond donors (Lipinski definition) is 1. The lowest BCUT2D eigenvalue weighted by atomic mass is 10.1. The monoisotopic (exact) mass is 367 g/mol. The van der Waals surface area contributed by atoms with E-state index >= 15 is 0 Å². The minimum absolute atomic E-state index is 0.0354. The number of amides is 2. The fourth-order valence-electron chi connectivity index (χ4n) is 2.52. The minimum atomic E-state index is -0.484. The van der Waals surface area contributed by atoms with Gasteiger partial charge in [0.25, 0.3) is 5.69 Å². The van der Waals surface area contributed by atoms with E-state index in [1.54, 1.807) is 29.2 Å². The van der Waals surface area contributed by atoms with Crippen LogP contribution in [-0.4, -0.2) is 28.2 Å². The van der Waals surface area contributed by atoms with Gasteiger partial charge in [-0.05, 0) is 30.2 Å². The summed E-state index contributed by atoms with van der Waals surface area (Å²) in [5, 5.41) is 13.6. The van der Waals surface area contributed by atoms with Crippen molar-refractivity contribution in [2.24, 2.45) is 0 Å². The molecule has 0 saturated carbocycles. The Morgan fingerprint density at radius 3 is 2.59 bits per heavy atom. The zero-order valence-electron chi connectivity index (χ0n) is 15.2. The average molecular weight is 367 g/mol. The summed E-state index contributed by atoms with van der Waals surface area (Å²) >= 11 is 0. The van der Waals surface area contributed by atoms with Gasteiger partial charge in [-0.3, -0.25) is 19.7 Å². The van der Waals surface area contributed by atoms with E-state index in [0.717, 1.165) is 5.56 Å². The van der Waals surface area contributed by atoms with Crippen molar-refractivity contribution in [1.29, 1.82) is 0 Å². The fourth-order valence-corrected chi connectivity index (χ4v) is 2.52. The van der Waals surface area contributed by atoms with Gasteiger partial charge in [0.2, 0.25) is 11.8 Å². The van der Waals surface area contributed by atoms with Crippen LogP contribution in [-0.2, 0) is 16.1 Å². The number of hydrogen-bond acceptors (Lipinski definition) is 4. The molecule has 0 aromatic heterocycles. The first-order chi connectivity index (χ1) is 12.9. The highest BCUT2D eigenvalue weighted by Crippen LogP contribution is 2.18. The second-order valence-electron chi connectivity index (χ2n) is 5.87. The Labute approximate surface area is 157 Å². The number of nitrogens with one attached hydrogen (secondary N) is 1. The molecule has 0 fully saturated rings. The SMILES string of the molecule is CCN(Cc1ccccc1NC(=O)C=Cc1cccc([N+](=O)[O-])c1)C(C)=O. The van der Waals surface area contributed by atoms with Crippen molar-refractivity contribution in [3.05, 3.63) is 75.8 Å². The van der Waals surface area contributed by atoms with Crippen LogP contribution in [0.15, 0.2) is 54.6 Å². The quantitative estimate of drug-likeness (QED) is 0.459. The first kappa shape index (κ1) is 19.8. The van der Waals surface area contributed by atoms with Crippen LogP contribution < -0.4 is 5.32 Å². The fraction of sp³-hybridized carbons (Fsp3) is 0.200. The van der Waals surface area contributed by atoms with Gasteiger partial charge in [-0.25, -0.2) is 0 Å². The average Bonchev–Trinajstić information content (AvgIpc) is 2.65. The van der Waals surface area contributed by atoms with Gasteiger partial charge < -0.3 is 10.2 Å². The topological polar surface area (TPSA) is 92.6 Å². The van der Waals surface area contributed by atoms with E-state index in [-0.39, 0.29) is 17.5 Å². The number of nitrogens with zero attached hydrogens (tertiary/aromatic N) is 2. The van der Waals surface area contributed by atoms with Gasteiger partial charge >= 0.3 is 0 Å². The molecule has 2 aromatic carbocycles. The molecule has 0 radical (unpaired) electrons. The molecule has 7 heteroatoms. The Bertz CT molecular complexity index is 877. The first-order valence-corrected chi connectivity index (χ1v) is 8.47. The van der Waals surface area contributed by atoms with Gasteiger partial charge in [-0.1, -0.05) is 30.3 Å². The van der Waals surface area contributed by atoms with Crippen molar-refractivity contribution >= 4 is 29.3 Å². The predicted octanol–water partition coefficient (Wildman–Crippen LogP) is 3.62. The summed E-state index contributed by atoms with van der Waals surface area (Å²) in [5.74, 6) is -0.399. The number of benzene rings is 2. The molecule has 2 amide bonds. The van der Waals surface area contributed by atoms with Crippen LogP contribution in [0.2, 0.25) is 0 Å². The van der Waals surface area contributed by atoms with Gasteiger partial charge in [0.1, 0.15) is 0 Å². The number of carbonyl (C=O) groups is 2.